The zero-order valence-electron chi connectivity index (χ0n) is 12.3. The normalized spacial score (nSPS) is 11.6. The molecule has 108 valence electrons. The number of hydrogen-bond acceptors (Lipinski definition) is 3. The average molecular weight is 301 g/mol. The van der Waals surface area contributed by atoms with Crippen molar-refractivity contribution < 1.29 is 4.74 Å². The quantitative estimate of drug-likeness (QED) is 0.890. The number of benzene rings is 2. The predicted octanol–water partition coefficient (Wildman–Crippen LogP) is 4.70. The highest BCUT2D eigenvalue weighted by Gasteiger charge is 2.11. The summed E-state index contributed by atoms with van der Waals surface area (Å²) in [5.41, 5.74) is 3.65. The van der Waals surface area contributed by atoms with E-state index in [4.69, 9.17) is 21.6 Å². The van der Waals surface area contributed by atoms with E-state index < -0.39 is 0 Å². The lowest BCUT2D eigenvalue weighted by Crippen LogP contribution is -2.08. The van der Waals surface area contributed by atoms with Crippen LogP contribution in [0.15, 0.2) is 36.4 Å². The Kier molecular flexibility index (Phi) is 4.72. The molecule has 1 unspecified atom stereocenters. The van der Waals surface area contributed by atoms with Crippen LogP contribution in [0.2, 0.25) is 5.02 Å². The van der Waals surface area contributed by atoms with Crippen LogP contribution in [-0.4, -0.2) is 7.11 Å². The molecule has 0 saturated heterocycles. The lowest BCUT2D eigenvalue weighted by molar-refractivity contribution is 0.416. The summed E-state index contributed by atoms with van der Waals surface area (Å²) < 4.78 is 5.36. The SMILES string of the molecule is COc1cc(Cl)c(C)cc1NC(C)c1ccc(C#N)cc1. The Hall–Kier alpha value is -2.18. The fourth-order valence-corrected chi connectivity index (χ4v) is 2.26. The van der Waals surface area contributed by atoms with E-state index in [1.165, 1.54) is 0 Å². The highest BCUT2D eigenvalue weighted by Crippen LogP contribution is 2.33. The molecule has 0 heterocycles. The molecule has 0 spiro atoms. The second kappa shape index (κ2) is 6.51. The largest absolute Gasteiger partial charge is 0.495 e. The fourth-order valence-electron chi connectivity index (χ4n) is 2.11. The van der Waals surface area contributed by atoms with Gasteiger partial charge in [0, 0.05) is 17.1 Å². The molecule has 2 rings (SSSR count). The Morgan fingerprint density at radius 1 is 1.24 bits per heavy atom. The third-order valence-corrected chi connectivity index (χ3v) is 3.80. The standard InChI is InChI=1S/C17H17ClN2O/c1-11-8-16(17(21-3)9-15(11)18)20-12(2)14-6-4-13(10-19)5-7-14/h4-9,12,20H,1-3H3. The van der Waals surface area contributed by atoms with Crippen molar-refractivity contribution in [3.8, 4) is 11.8 Å². The summed E-state index contributed by atoms with van der Waals surface area (Å²) >= 11 is 6.11. The van der Waals surface area contributed by atoms with Crippen molar-refractivity contribution in [2.24, 2.45) is 0 Å². The second-order valence-electron chi connectivity index (χ2n) is 4.90. The number of ether oxygens (including phenoxy) is 1. The molecule has 2 aromatic carbocycles. The number of aryl methyl sites for hydroxylation is 1. The van der Waals surface area contributed by atoms with Gasteiger partial charge in [-0.3, -0.25) is 0 Å². The van der Waals surface area contributed by atoms with Crippen molar-refractivity contribution in [3.05, 3.63) is 58.1 Å². The smallest absolute Gasteiger partial charge is 0.143 e. The van der Waals surface area contributed by atoms with Crippen LogP contribution in [0.25, 0.3) is 0 Å². The van der Waals surface area contributed by atoms with Crippen LogP contribution in [0.4, 0.5) is 5.69 Å². The lowest BCUT2D eigenvalue weighted by Gasteiger charge is -2.19. The van der Waals surface area contributed by atoms with Crippen LogP contribution in [0, 0.1) is 18.3 Å². The maximum Gasteiger partial charge on any atom is 0.143 e. The molecule has 0 aliphatic rings. The first-order chi connectivity index (χ1) is 10.0. The molecule has 0 radical (unpaired) electrons. The molecule has 1 atom stereocenters. The van der Waals surface area contributed by atoms with Crippen molar-refractivity contribution in [1.29, 1.82) is 5.26 Å². The van der Waals surface area contributed by atoms with Gasteiger partial charge in [0.1, 0.15) is 5.75 Å². The molecule has 0 bridgehead atoms. The minimum absolute atomic E-state index is 0.0900. The fraction of sp³-hybridized carbons (Fsp3) is 0.235. The number of nitrogens with one attached hydrogen (secondary N) is 1. The van der Waals surface area contributed by atoms with Crippen molar-refractivity contribution in [2.45, 2.75) is 19.9 Å². The van der Waals surface area contributed by atoms with E-state index in [9.17, 15) is 0 Å². The van der Waals surface area contributed by atoms with Crippen LogP contribution in [-0.2, 0) is 0 Å². The minimum atomic E-state index is 0.0900. The number of halogens is 1. The molecule has 4 heteroatoms. The Labute approximate surface area is 130 Å². The first-order valence-electron chi connectivity index (χ1n) is 6.66. The van der Waals surface area contributed by atoms with Crippen molar-refractivity contribution in [1.82, 2.24) is 0 Å². The van der Waals surface area contributed by atoms with E-state index >= 15 is 0 Å². The Morgan fingerprint density at radius 2 is 1.90 bits per heavy atom. The number of anilines is 1. The van der Waals surface area contributed by atoms with Gasteiger partial charge < -0.3 is 10.1 Å². The topological polar surface area (TPSA) is 45.0 Å². The number of methoxy groups -OCH3 is 1. The number of rotatable bonds is 4. The number of nitrogens with zero attached hydrogens (tertiary/aromatic N) is 1. The summed E-state index contributed by atoms with van der Waals surface area (Å²) in [6, 6.07) is 13.5. The van der Waals surface area contributed by atoms with Gasteiger partial charge in [0.25, 0.3) is 0 Å². The second-order valence-corrected chi connectivity index (χ2v) is 5.31. The summed E-state index contributed by atoms with van der Waals surface area (Å²) in [7, 11) is 1.62. The Balaban J connectivity index is 2.24. The van der Waals surface area contributed by atoms with Crippen LogP contribution in [0.5, 0.6) is 5.75 Å². The van der Waals surface area contributed by atoms with E-state index in [2.05, 4.69) is 18.3 Å². The first-order valence-corrected chi connectivity index (χ1v) is 7.03. The molecule has 0 saturated carbocycles. The van der Waals surface area contributed by atoms with E-state index in [1.54, 1.807) is 7.11 Å². The average Bonchev–Trinajstić information content (AvgIpc) is 2.50. The van der Waals surface area contributed by atoms with E-state index in [-0.39, 0.29) is 6.04 Å². The molecule has 0 aliphatic carbocycles. The zero-order chi connectivity index (χ0) is 15.4. The van der Waals surface area contributed by atoms with Gasteiger partial charge in [-0.2, -0.15) is 5.26 Å². The third kappa shape index (κ3) is 3.48. The van der Waals surface area contributed by atoms with Crippen LogP contribution >= 0.6 is 11.6 Å². The molecule has 21 heavy (non-hydrogen) atoms. The Morgan fingerprint density at radius 3 is 2.48 bits per heavy atom. The molecule has 0 amide bonds. The van der Waals surface area contributed by atoms with Gasteiger partial charge in [-0.05, 0) is 43.2 Å². The van der Waals surface area contributed by atoms with Crippen LogP contribution in [0.3, 0.4) is 0 Å². The van der Waals surface area contributed by atoms with E-state index in [0.717, 1.165) is 16.8 Å². The molecule has 1 N–H and O–H groups in total. The molecule has 0 fully saturated rings. The van der Waals surface area contributed by atoms with Gasteiger partial charge in [-0.1, -0.05) is 23.7 Å². The van der Waals surface area contributed by atoms with Gasteiger partial charge in [-0.25, -0.2) is 0 Å². The van der Waals surface area contributed by atoms with Crippen LogP contribution < -0.4 is 10.1 Å². The summed E-state index contributed by atoms with van der Waals surface area (Å²) in [5.74, 6) is 0.714. The van der Waals surface area contributed by atoms with Gasteiger partial charge >= 0.3 is 0 Å². The van der Waals surface area contributed by atoms with Gasteiger partial charge in [0.15, 0.2) is 0 Å². The highest BCUT2D eigenvalue weighted by atomic mass is 35.5. The predicted molar refractivity (Wildman–Crippen MR) is 85.9 cm³/mol. The maximum atomic E-state index is 8.83. The van der Waals surface area contributed by atoms with E-state index in [0.29, 0.717) is 16.3 Å². The monoisotopic (exact) mass is 300 g/mol. The van der Waals surface area contributed by atoms with Crippen LogP contribution in [0.1, 0.15) is 29.7 Å². The number of hydrogen-bond donors (Lipinski definition) is 1. The van der Waals surface area contributed by atoms with Crippen molar-refractivity contribution in [2.75, 3.05) is 12.4 Å². The van der Waals surface area contributed by atoms with Gasteiger partial charge in [0.2, 0.25) is 0 Å². The molecule has 2 aromatic rings. The zero-order valence-corrected chi connectivity index (χ0v) is 13.0. The maximum absolute atomic E-state index is 8.83. The van der Waals surface area contributed by atoms with Crippen molar-refractivity contribution >= 4 is 17.3 Å². The summed E-state index contributed by atoms with van der Waals surface area (Å²) in [4.78, 5) is 0. The van der Waals surface area contributed by atoms with E-state index in [1.807, 2.05) is 43.3 Å². The minimum Gasteiger partial charge on any atom is -0.495 e. The van der Waals surface area contributed by atoms with Gasteiger partial charge in [0.05, 0.1) is 24.4 Å². The number of nitriles is 1. The molecule has 0 aliphatic heterocycles. The first kappa shape index (κ1) is 15.2. The van der Waals surface area contributed by atoms with Crippen molar-refractivity contribution in [3.63, 3.8) is 0 Å². The third-order valence-electron chi connectivity index (χ3n) is 3.39. The molecule has 3 nitrogen and oxygen atoms in total. The van der Waals surface area contributed by atoms with Gasteiger partial charge in [-0.15, -0.1) is 0 Å². The Bertz CT molecular complexity index is 674. The highest BCUT2D eigenvalue weighted by molar-refractivity contribution is 6.31. The molecular formula is C17H17ClN2O. The summed E-state index contributed by atoms with van der Waals surface area (Å²) in [5, 5.41) is 12.9. The summed E-state index contributed by atoms with van der Waals surface area (Å²) in [6.45, 7) is 4.02. The molecule has 0 aromatic heterocycles. The molecular weight excluding hydrogens is 284 g/mol. The summed E-state index contributed by atoms with van der Waals surface area (Å²) in [6.07, 6.45) is 0. The lowest BCUT2D eigenvalue weighted by atomic mass is 10.1.